The third-order valence-corrected chi connectivity index (χ3v) is 4.56. The number of nitrogens with zero attached hydrogens (tertiary/aromatic N) is 1. The largest absolute Gasteiger partial charge is 0.352 e. The summed E-state index contributed by atoms with van der Waals surface area (Å²) in [6.07, 6.45) is 2.26. The Bertz CT molecular complexity index is 897. The van der Waals surface area contributed by atoms with Gasteiger partial charge in [-0.2, -0.15) is 0 Å². The van der Waals surface area contributed by atoms with Gasteiger partial charge in [-0.25, -0.2) is 0 Å². The van der Waals surface area contributed by atoms with Gasteiger partial charge in [-0.1, -0.05) is 60.7 Å². The lowest BCUT2D eigenvalue weighted by molar-refractivity contribution is 0.0952. The zero-order valence-corrected chi connectivity index (χ0v) is 15.0. The topological polar surface area (TPSA) is 77.1 Å². The molecule has 1 amide bonds. The zero-order valence-electron chi connectivity index (χ0n) is 15.0. The first-order valence-electron chi connectivity index (χ1n) is 8.97. The molecule has 0 unspecified atom stereocenters. The van der Waals surface area contributed by atoms with E-state index in [1.54, 1.807) is 0 Å². The van der Waals surface area contributed by atoms with Crippen molar-refractivity contribution in [2.24, 2.45) is 5.73 Å². The van der Waals surface area contributed by atoms with Crippen LogP contribution < -0.4 is 16.6 Å². The average Bonchev–Trinajstić information content (AvgIpc) is 2.72. The van der Waals surface area contributed by atoms with Crippen molar-refractivity contribution in [2.45, 2.75) is 19.0 Å². The van der Waals surface area contributed by atoms with Gasteiger partial charge >= 0.3 is 0 Å². The van der Waals surface area contributed by atoms with Crippen molar-refractivity contribution in [3.8, 4) is 0 Å². The van der Waals surface area contributed by atoms with Gasteiger partial charge in [0.15, 0.2) is 0 Å². The molecule has 3 aromatic rings. The molecular formula is C22H23N3O2. The summed E-state index contributed by atoms with van der Waals surface area (Å²) in [6.45, 7) is 0.569. The third kappa shape index (κ3) is 4.71. The molecule has 0 aliphatic heterocycles. The standard InChI is InChI=1S/C22H23N3O2/c23-16-25-15-19(11-12-21(25)26)22(27)24-14-13-20(17-7-3-1-4-8-17)18-9-5-2-6-10-18/h1-12,15,20H,13-14,16,23H2,(H,24,27). The first kappa shape index (κ1) is 18.6. The summed E-state index contributed by atoms with van der Waals surface area (Å²) < 4.78 is 1.31. The molecule has 0 fully saturated rings. The Kier molecular flexibility index (Phi) is 6.18. The highest BCUT2D eigenvalue weighted by Crippen LogP contribution is 2.27. The molecule has 27 heavy (non-hydrogen) atoms. The summed E-state index contributed by atoms with van der Waals surface area (Å²) in [5, 5.41) is 2.94. The first-order chi connectivity index (χ1) is 13.2. The lowest BCUT2D eigenvalue weighted by Gasteiger charge is -2.18. The number of hydrogen-bond acceptors (Lipinski definition) is 3. The summed E-state index contributed by atoms with van der Waals surface area (Å²) in [7, 11) is 0. The summed E-state index contributed by atoms with van der Waals surface area (Å²) >= 11 is 0. The summed E-state index contributed by atoms with van der Waals surface area (Å²) in [6, 6.07) is 23.4. The molecule has 0 aliphatic rings. The average molecular weight is 361 g/mol. The second kappa shape index (κ2) is 8.96. The number of benzene rings is 2. The van der Waals surface area contributed by atoms with Gasteiger partial charge in [0.25, 0.3) is 11.5 Å². The molecule has 1 aromatic heterocycles. The fraction of sp³-hybridized carbons (Fsp3) is 0.182. The van der Waals surface area contributed by atoms with E-state index < -0.39 is 0 Å². The predicted octanol–water partition coefficient (Wildman–Crippen LogP) is 2.72. The van der Waals surface area contributed by atoms with E-state index in [0.29, 0.717) is 12.1 Å². The quantitative estimate of drug-likeness (QED) is 0.679. The van der Waals surface area contributed by atoms with Crippen LogP contribution in [0.2, 0.25) is 0 Å². The van der Waals surface area contributed by atoms with Crippen molar-refractivity contribution in [1.29, 1.82) is 0 Å². The van der Waals surface area contributed by atoms with Crippen LogP contribution in [-0.2, 0) is 6.67 Å². The second-order valence-corrected chi connectivity index (χ2v) is 6.33. The molecule has 2 aromatic carbocycles. The van der Waals surface area contributed by atoms with E-state index in [-0.39, 0.29) is 24.1 Å². The van der Waals surface area contributed by atoms with Crippen molar-refractivity contribution < 1.29 is 4.79 Å². The van der Waals surface area contributed by atoms with Crippen LogP contribution in [0.1, 0.15) is 33.8 Å². The van der Waals surface area contributed by atoms with Crippen LogP contribution in [0.4, 0.5) is 0 Å². The minimum Gasteiger partial charge on any atom is -0.352 e. The highest BCUT2D eigenvalue weighted by molar-refractivity contribution is 5.93. The van der Waals surface area contributed by atoms with Crippen LogP contribution in [-0.4, -0.2) is 17.0 Å². The van der Waals surface area contributed by atoms with Crippen molar-refractivity contribution in [1.82, 2.24) is 9.88 Å². The maximum absolute atomic E-state index is 12.4. The van der Waals surface area contributed by atoms with E-state index >= 15 is 0 Å². The van der Waals surface area contributed by atoms with Crippen LogP contribution >= 0.6 is 0 Å². The second-order valence-electron chi connectivity index (χ2n) is 6.33. The first-order valence-corrected chi connectivity index (χ1v) is 8.97. The number of amides is 1. The predicted molar refractivity (Wildman–Crippen MR) is 107 cm³/mol. The maximum Gasteiger partial charge on any atom is 0.252 e. The smallest absolute Gasteiger partial charge is 0.252 e. The number of carbonyl (C=O) groups is 1. The fourth-order valence-corrected chi connectivity index (χ4v) is 3.14. The van der Waals surface area contributed by atoms with E-state index in [1.807, 2.05) is 36.4 Å². The minimum atomic E-state index is -0.220. The van der Waals surface area contributed by atoms with Gasteiger partial charge in [0.2, 0.25) is 0 Å². The van der Waals surface area contributed by atoms with E-state index in [4.69, 9.17) is 5.73 Å². The van der Waals surface area contributed by atoms with Gasteiger partial charge in [-0.3, -0.25) is 9.59 Å². The van der Waals surface area contributed by atoms with Crippen LogP contribution in [0.25, 0.3) is 0 Å². The van der Waals surface area contributed by atoms with Crippen molar-refractivity contribution in [3.63, 3.8) is 0 Å². The summed E-state index contributed by atoms with van der Waals surface area (Å²) in [5.41, 5.74) is 8.16. The van der Waals surface area contributed by atoms with Gasteiger partial charge in [-0.05, 0) is 23.6 Å². The van der Waals surface area contributed by atoms with Crippen molar-refractivity contribution in [3.05, 3.63) is 106 Å². The summed E-state index contributed by atoms with van der Waals surface area (Å²) in [4.78, 5) is 24.0. The molecule has 1 heterocycles. The number of nitrogens with one attached hydrogen (secondary N) is 1. The van der Waals surface area contributed by atoms with Crippen LogP contribution in [0, 0.1) is 0 Å². The molecule has 0 aliphatic carbocycles. The Labute approximate surface area is 158 Å². The molecule has 0 radical (unpaired) electrons. The van der Waals surface area contributed by atoms with E-state index in [0.717, 1.165) is 6.42 Å². The summed E-state index contributed by atoms with van der Waals surface area (Å²) in [5.74, 6) is -0.0113. The van der Waals surface area contributed by atoms with Gasteiger partial charge in [0, 0.05) is 24.7 Å². The van der Waals surface area contributed by atoms with Crippen molar-refractivity contribution >= 4 is 5.91 Å². The van der Waals surface area contributed by atoms with E-state index in [1.165, 1.54) is 34.0 Å². The molecule has 0 spiro atoms. The zero-order chi connectivity index (χ0) is 19.1. The van der Waals surface area contributed by atoms with Crippen LogP contribution in [0.15, 0.2) is 83.8 Å². The highest BCUT2D eigenvalue weighted by Gasteiger charge is 2.14. The Hall–Kier alpha value is -3.18. The number of aromatic nitrogens is 1. The highest BCUT2D eigenvalue weighted by atomic mass is 16.2. The van der Waals surface area contributed by atoms with Crippen LogP contribution in [0.5, 0.6) is 0 Å². The molecule has 3 N–H and O–H groups in total. The normalized spacial score (nSPS) is 10.7. The van der Waals surface area contributed by atoms with Gasteiger partial charge in [0.05, 0.1) is 12.2 Å². The molecule has 0 bridgehead atoms. The minimum absolute atomic E-state index is 0.0457. The lowest BCUT2D eigenvalue weighted by atomic mass is 9.88. The number of hydrogen-bond donors (Lipinski definition) is 2. The van der Waals surface area contributed by atoms with Gasteiger partial charge in [-0.15, -0.1) is 0 Å². The monoisotopic (exact) mass is 361 g/mol. The number of pyridine rings is 1. The Morgan fingerprint density at radius 1 is 0.926 bits per heavy atom. The Balaban J connectivity index is 1.69. The van der Waals surface area contributed by atoms with E-state index in [2.05, 4.69) is 29.6 Å². The molecule has 0 saturated heterocycles. The number of rotatable bonds is 7. The van der Waals surface area contributed by atoms with E-state index in [9.17, 15) is 9.59 Å². The van der Waals surface area contributed by atoms with Crippen molar-refractivity contribution in [2.75, 3.05) is 6.54 Å². The molecule has 0 saturated carbocycles. The molecule has 3 rings (SSSR count). The molecule has 5 heteroatoms. The third-order valence-electron chi connectivity index (χ3n) is 4.56. The lowest BCUT2D eigenvalue weighted by Crippen LogP contribution is -2.29. The molecular weight excluding hydrogens is 338 g/mol. The van der Waals surface area contributed by atoms with Crippen LogP contribution in [0.3, 0.4) is 0 Å². The molecule has 5 nitrogen and oxygen atoms in total. The molecule has 0 atom stereocenters. The Morgan fingerprint density at radius 3 is 2.07 bits per heavy atom. The van der Waals surface area contributed by atoms with Gasteiger partial charge in [0.1, 0.15) is 0 Å². The fourth-order valence-electron chi connectivity index (χ4n) is 3.14. The Morgan fingerprint density at radius 2 is 1.52 bits per heavy atom. The number of nitrogens with two attached hydrogens (primary N) is 1. The maximum atomic E-state index is 12.4. The number of carbonyl (C=O) groups excluding carboxylic acids is 1. The molecule has 138 valence electrons. The SMILES string of the molecule is NCn1cc(C(=O)NCCC(c2ccccc2)c2ccccc2)ccc1=O. The van der Waals surface area contributed by atoms with Gasteiger partial charge < -0.3 is 15.6 Å².